The van der Waals surface area contributed by atoms with Gasteiger partial charge >= 0.3 is 0 Å². The lowest BCUT2D eigenvalue weighted by Gasteiger charge is -1.90. The largest absolute Gasteiger partial charge is 0.378 e. The van der Waals surface area contributed by atoms with Gasteiger partial charge < -0.3 is 4.74 Å². The summed E-state index contributed by atoms with van der Waals surface area (Å²) in [6.07, 6.45) is 6.85. The SMILES string of the molecule is C=CCC=CCOCC. The van der Waals surface area contributed by atoms with E-state index in [4.69, 9.17) is 4.74 Å². The Morgan fingerprint density at radius 3 is 2.78 bits per heavy atom. The molecule has 1 nitrogen and oxygen atoms in total. The Balaban J connectivity index is 2.94. The summed E-state index contributed by atoms with van der Waals surface area (Å²) >= 11 is 0. The minimum Gasteiger partial charge on any atom is -0.378 e. The van der Waals surface area contributed by atoms with Gasteiger partial charge in [0, 0.05) is 6.61 Å². The molecule has 0 aromatic heterocycles. The lowest BCUT2D eigenvalue weighted by molar-refractivity contribution is 0.177. The van der Waals surface area contributed by atoms with Gasteiger partial charge in [-0.3, -0.25) is 0 Å². The molecule has 0 unspecified atom stereocenters. The summed E-state index contributed by atoms with van der Waals surface area (Å²) in [6, 6.07) is 0. The van der Waals surface area contributed by atoms with Crippen LogP contribution in [0.3, 0.4) is 0 Å². The van der Waals surface area contributed by atoms with E-state index in [1.807, 2.05) is 25.2 Å². The van der Waals surface area contributed by atoms with Crippen molar-refractivity contribution in [3.8, 4) is 0 Å². The fourth-order valence-electron chi connectivity index (χ4n) is 0.446. The molecule has 9 heavy (non-hydrogen) atoms. The van der Waals surface area contributed by atoms with E-state index in [2.05, 4.69) is 6.58 Å². The molecule has 0 radical (unpaired) electrons. The van der Waals surface area contributed by atoms with Gasteiger partial charge in [0.2, 0.25) is 0 Å². The second kappa shape index (κ2) is 7.44. The second-order valence-corrected chi connectivity index (χ2v) is 1.66. The second-order valence-electron chi connectivity index (χ2n) is 1.66. The Labute approximate surface area is 57.0 Å². The van der Waals surface area contributed by atoms with E-state index in [0.29, 0.717) is 0 Å². The molecule has 0 saturated carbocycles. The molecule has 0 N–H and O–H groups in total. The van der Waals surface area contributed by atoms with Gasteiger partial charge in [-0.25, -0.2) is 0 Å². The molecular weight excluding hydrogens is 112 g/mol. The Kier molecular flexibility index (Phi) is 6.98. The molecule has 0 aliphatic rings. The Hall–Kier alpha value is -0.560. The van der Waals surface area contributed by atoms with Crippen LogP contribution in [0.2, 0.25) is 0 Å². The van der Waals surface area contributed by atoms with E-state index in [1.54, 1.807) is 0 Å². The summed E-state index contributed by atoms with van der Waals surface area (Å²) in [5.41, 5.74) is 0. The van der Waals surface area contributed by atoms with E-state index < -0.39 is 0 Å². The maximum absolute atomic E-state index is 5.06. The molecule has 0 atom stereocenters. The van der Waals surface area contributed by atoms with Gasteiger partial charge in [0.25, 0.3) is 0 Å². The average molecular weight is 126 g/mol. The maximum atomic E-state index is 5.06. The van der Waals surface area contributed by atoms with Crippen molar-refractivity contribution < 1.29 is 4.74 Å². The summed E-state index contributed by atoms with van der Waals surface area (Å²) in [6.45, 7) is 7.09. The van der Waals surface area contributed by atoms with Crippen molar-refractivity contribution in [2.45, 2.75) is 13.3 Å². The van der Waals surface area contributed by atoms with Gasteiger partial charge in [0.05, 0.1) is 6.61 Å². The first-order valence-electron chi connectivity index (χ1n) is 3.25. The minimum atomic E-state index is 0.727. The number of hydrogen-bond donors (Lipinski definition) is 0. The van der Waals surface area contributed by atoms with Gasteiger partial charge in [-0.1, -0.05) is 18.2 Å². The highest BCUT2D eigenvalue weighted by molar-refractivity contribution is 4.87. The van der Waals surface area contributed by atoms with Gasteiger partial charge in [-0.05, 0) is 13.3 Å². The maximum Gasteiger partial charge on any atom is 0.0647 e. The number of hydrogen-bond acceptors (Lipinski definition) is 1. The van der Waals surface area contributed by atoms with E-state index in [0.717, 1.165) is 19.6 Å². The summed E-state index contributed by atoms with van der Waals surface area (Å²) in [5, 5.41) is 0. The predicted octanol–water partition coefficient (Wildman–Crippen LogP) is 2.16. The van der Waals surface area contributed by atoms with E-state index >= 15 is 0 Å². The molecule has 0 spiro atoms. The van der Waals surface area contributed by atoms with Crippen molar-refractivity contribution >= 4 is 0 Å². The third-order valence-electron chi connectivity index (χ3n) is 0.888. The summed E-state index contributed by atoms with van der Waals surface area (Å²) < 4.78 is 5.06. The van der Waals surface area contributed by atoms with Crippen LogP contribution in [0.5, 0.6) is 0 Å². The van der Waals surface area contributed by atoms with Crippen LogP contribution in [0.15, 0.2) is 24.8 Å². The van der Waals surface area contributed by atoms with Crippen LogP contribution in [0.25, 0.3) is 0 Å². The first-order valence-corrected chi connectivity index (χ1v) is 3.25. The van der Waals surface area contributed by atoms with Crippen LogP contribution in [0.1, 0.15) is 13.3 Å². The van der Waals surface area contributed by atoms with Crippen molar-refractivity contribution in [2.75, 3.05) is 13.2 Å². The van der Waals surface area contributed by atoms with Gasteiger partial charge in [-0.2, -0.15) is 0 Å². The van der Waals surface area contributed by atoms with Crippen LogP contribution in [-0.2, 0) is 4.74 Å². The highest BCUT2D eigenvalue weighted by Gasteiger charge is 1.73. The molecule has 0 aliphatic carbocycles. The van der Waals surface area contributed by atoms with Crippen molar-refractivity contribution in [1.29, 1.82) is 0 Å². The lowest BCUT2D eigenvalue weighted by atomic mass is 10.4. The lowest BCUT2D eigenvalue weighted by Crippen LogP contribution is -1.87. The number of rotatable bonds is 5. The topological polar surface area (TPSA) is 9.23 Å². The third-order valence-corrected chi connectivity index (χ3v) is 0.888. The molecule has 0 aromatic carbocycles. The van der Waals surface area contributed by atoms with E-state index in [9.17, 15) is 0 Å². The molecule has 0 aromatic rings. The zero-order chi connectivity index (χ0) is 6.95. The average Bonchev–Trinajstić information content (AvgIpc) is 1.89. The van der Waals surface area contributed by atoms with Crippen molar-refractivity contribution in [3.63, 3.8) is 0 Å². The molecule has 0 rings (SSSR count). The first-order chi connectivity index (χ1) is 4.41. The van der Waals surface area contributed by atoms with Crippen molar-refractivity contribution in [1.82, 2.24) is 0 Å². The summed E-state index contributed by atoms with van der Waals surface area (Å²) in [4.78, 5) is 0. The van der Waals surface area contributed by atoms with Crippen LogP contribution < -0.4 is 0 Å². The van der Waals surface area contributed by atoms with Crippen molar-refractivity contribution in [3.05, 3.63) is 24.8 Å². The smallest absolute Gasteiger partial charge is 0.0647 e. The van der Waals surface area contributed by atoms with Gasteiger partial charge in [0.15, 0.2) is 0 Å². The molecule has 52 valence electrons. The van der Waals surface area contributed by atoms with Crippen LogP contribution >= 0.6 is 0 Å². The first kappa shape index (κ1) is 8.44. The summed E-state index contributed by atoms with van der Waals surface area (Å²) in [5.74, 6) is 0. The number of allylic oxidation sites excluding steroid dienone is 2. The predicted molar refractivity (Wildman–Crippen MR) is 40.4 cm³/mol. The van der Waals surface area contributed by atoms with Crippen LogP contribution in [-0.4, -0.2) is 13.2 Å². The molecule has 0 aliphatic heterocycles. The third kappa shape index (κ3) is 7.44. The van der Waals surface area contributed by atoms with Gasteiger partial charge in [-0.15, -0.1) is 6.58 Å². The normalized spacial score (nSPS) is 10.3. The highest BCUT2D eigenvalue weighted by Crippen LogP contribution is 1.83. The molecule has 0 amide bonds. The fourth-order valence-corrected chi connectivity index (χ4v) is 0.446. The van der Waals surface area contributed by atoms with Crippen LogP contribution in [0.4, 0.5) is 0 Å². The molecule has 1 heteroatoms. The van der Waals surface area contributed by atoms with Crippen molar-refractivity contribution in [2.24, 2.45) is 0 Å². The minimum absolute atomic E-state index is 0.727. The quantitative estimate of drug-likeness (QED) is 0.405. The zero-order valence-corrected chi connectivity index (χ0v) is 5.97. The molecule has 0 saturated heterocycles. The highest BCUT2D eigenvalue weighted by atomic mass is 16.5. The van der Waals surface area contributed by atoms with E-state index in [-0.39, 0.29) is 0 Å². The molecular formula is C8H14O. The number of ether oxygens (including phenoxy) is 1. The Morgan fingerprint density at radius 2 is 2.22 bits per heavy atom. The van der Waals surface area contributed by atoms with Gasteiger partial charge in [0.1, 0.15) is 0 Å². The molecule has 0 bridgehead atoms. The van der Waals surface area contributed by atoms with E-state index in [1.165, 1.54) is 0 Å². The van der Waals surface area contributed by atoms with Crippen LogP contribution in [0, 0.1) is 0 Å². The standard InChI is InChI=1S/C8H14O/c1-3-5-6-7-8-9-4-2/h3,6-7H,1,4-5,8H2,2H3. The monoisotopic (exact) mass is 126 g/mol. The Morgan fingerprint density at radius 1 is 1.44 bits per heavy atom. The summed E-state index contributed by atoms with van der Waals surface area (Å²) in [7, 11) is 0. The zero-order valence-electron chi connectivity index (χ0n) is 5.97. The Bertz CT molecular complexity index is 84.6. The fraction of sp³-hybridized carbons (Fsp3) is 0.500. The molecule has 0 heterocycles. The molecule has 0 fully saturated rings.